The van der Waals surface area contributed by atoms with Crippen molar-refractivity contribution in [2.45, 2.75) is 65.2 Å². The summed E-state index contributed by atoms with van der Waals surface area (Å²) in [5.41, 5.74) is 0. The number of ketones is 1. The lowest BCUT2D eigenvalue weighted by Gasteiger charge is -2.08. The van der Waals surface area contributed by atoms with Gasteiger partial charge in [0.05, 0.1) is 0 Å². The van der Waals surface area contributed by atoms with Crippen LogP contribution in [0.2, 0.25) is 0 Å². The molecule has 0 heterocycles. The first kappa shape index (κ1) is 14.3. The van der Waals surface area contributed by atoms with Crippen molar-refractivity contribution in [2.24, 2.45) is 5.92 Å². The summed E-state index contributed by atoms with van der Waals surface area (Å²) in [6.07, 6.45) is 8.52. The van der Waals surface area contributed by atoms with E-state index in [2.05, 4.69) is 6.92 Å². The fourth-order valence-electron chi connectivity index (χ4n) is 1.72. The van der Waals surface area contributed by atoms with Crippen LogP contribution in [-0.2, 0) is 9.59 Å². The standard InChI is InChI=1S/C13H24O2/c1-3-5-6-7-9-12(11-14)10-13(15)8-4-2/h11-12H,3-10H2,1-2H3. The molecule has 0 rings (SSSR count). The minimum absolute atomic E-state index is 0.0269. The fourth-order valence-corrected chi connectivity index (χ4v) is 1.72. The highest BCUT2D eigenvalue weighted by Crippen LogP contribution is 2.14. The van der Waals surface area contributed by atoms with Crippen molar-refractivity contribution < 1.29 is 9.59 Å². The van der Waals surface area contributed by atoms with E-state index < -0.39 is 0 Å². The number of aldehydes is 1. The molecule has 0 spiro atoms. The van der Waals surface area contributed by atoms with E-state index in [1.165, 1.54) is 19.3 Å². The number of Topliss-reactive ketones (excluding diaryl/α,β-unsaturated/α-hetero) is 1. The van der Waals surface area contributed by atoms with Crippen LogP contribution in [-0.4, -0.2) is 12.1 Å². The highest BCUT2D eigenvalue weighted by Gasteiger charge is 2.11. The van der Waals surface area contributed by atoms with E-state index in [9.17, 15) is 9.59 Å². The van der Waals surface area contributed by atoms with Crippen LogP contribution in [0, 0.1) is 5.92 Å². The van der Waals surface area contributed by atoms with Crippen LogP contribution < -0.4 is 0 Å². The van der Waals surface area contributed by atoms with E-state index in [0.29, 0.717) is 12.8 Å². The van der Waals surface area contributed by atoms with Gasteiger partial charge in [0.15, 0.2) is 0 Å². The summed E-state index contributed by atoms with van der Waals surface area (Å²) < 4.78 is 0. The van der Waals surface area contributed by atoms with Gasteiger partial charge in [-0.1, -0.05) is 39.5 Å². The number of carbonyl (C=O) groups is 2. The fraction of sp³-hybridized carbons (Fsp3) is 0.846. The lowest BCUT2D eigenvalue weighted by atomic mass is 9.95. The molecular formula is C13H24O2. The van der Waals surface area contributed by atoms with Crippen molar-refractivity contribution >= 4 is 12.1 Å². The number of rotatable bonds is 10. The van der Waals surface area contributed by atoms with Gasteiger partial charge in [0, 0.05) is 18.8 Å². The number of carbonyl (C=O) groups excluding carboxylic acids is 2. The summed E-state index contributed by atoms with van der Waals surface area (Å²) in [6, 6.07) is 0. The monoisotopic (exact) mass is 212 g/mol. The molecule has 0 fully saturated rings. The van der Waals surface area contributed by atoms with Crippen molar-refractivity contribution in [3.63, 3.8) is 0 Å². The van der Waals surface area contributed by atoms with E-state index >= 15 is 0 Å². The molecule has 0 saturated carbocycles. The molecule has 0 aliphatic heterocycles. The lowest BCUT2D eigenvalue weighted by Crippen LogP contribution is -2.09. The highest BCUT2D eigenvalue weighted by molar-refractivity contribution is 5.81. The summed E-state index contributed by atoms with van der Waals surface area (Å²) in [5, 5.41) is 0. The smallest absolute Gasteiger partial charge is 0.133 e. The topological polar surface area (TPSA) is 34.1 Å². The Kier molecular flexibility index (Phi) is 9.44. The summed E-state index contributed by atoms with van der Waals surface area (Å²) in [5.74, 6) is 0.214. The summed E-state index contributed by atoms with van der Waals surface area (Å²) in [7, 11) is 0. The Morgan fingerprint density at radius 1 is 1.13 bits per heavy atom. The highest BCUT2D eigenvalue weighted by atomic mass is 16.1. The zero-order valence-electron chi connectivity index (χ0n) is 10.1. The zero-order valence-corrected chi connectivity index (χ0v) is 10.1. The van der Waals surface area contributed by atoms with Crippen molar-refractivity contribution in [2.75, 3.05) is 0 Å². The van der Waals surface area contributed by atoms with Crippen LogP contribution in [0.3, 0.4) is 0 Å². The molecule has 0 aromatic rings. The number of hydrogen-bond acceptors (Lipinski definition) is 2. The van der Waals surface area contributed by atoms with Crippen LogP contribution in [0.5, 0.6) is 0 Å². The van der Waals surface area contributed by atoms with Crippen LogP contribution in [0.15, 0.2) is 0 Å². The van der Waals surface area contributed by atoms with E-state index in [4.69, 9.17) is 0 Å². The molecular weight excluding hydrogens is 188 g/mol. The Balaban J connectivity index is 3.63. The van der Waals surface area contributed by atoms with Crippen LogP contribution in [0.4, 0.5) is 0 Å². The summed E-state index contributed by atoms with van der Waals surface area (Å²) in [4.78, 5) is 22.1. The van der Waals surface area contributed by atoms with E-state index in [1.54, 1.807) is 0 Å². The predicted octanol–water partition coefficient (Wildman–Crippen LogP) is 3.53. The van der Waals surface area contributed by atoms with Gasteiger partial charge in [-0.25, -0.2) is 0 Å². The second kappa shape index (κ2) is 9.88. The Morgan fingerprint density at radius 3 is 2.40 bits per heavy atom. The molecule has 0 N–H and O–H groups in total. The van der Waals surface area contributed by atoms with Crippen molar-refractivity contribution in [3.8, 4) is 0 Å². The van der Waals surface area contributed by atoms with Gasteiger partial charge in [-0.3, -0.25) is 4.79 Å². The lowest BCUT2D eigenvalue weighted by molar-refractivity contribution is -0.123. The first-order valence-corrected chi connectivity index (χ1v) is 6.21. The van der Waals surface area contributed by atoms with Gasteiger partial charge < -0.3 is 4.79 Å². The molecule has 15 heavy (non-hydrogen) atoms. The minimum atomic E-state index is -0.0269. The normalized spacial score (nSPS) is 12.4. The second-order valence-electron chi connectivity index (χ2n) is 4.24. The maximum atomic E-state index is 11.3. The Bertz CT molecular complexity index is 175. The van der Waals surface area contributed by atoms with Crippen molar-refractivity contribution in [1.29, 1.82) is 0 Å². The third-order valence-electron chi connectivity index (χ3n) is 2.64. The Morgan fingerprint density at radius 2 is 1.87 bits per heavy atom. The van der Waals surface area contributed by atoms with Gasteiger partial charge in [0.1, 0.15) is 12.1 Å². The van der Waals surface area contributed by atoms with Gasteiger partial charge in [0.2, 0.25) is 0 Å². The molecule has 0 aromatic heterocycles. The predicted molar refractivity (Wildman–Crippen MR) is 62.8 cm³/mol. The van der Waals surface area contributed by atoms with E-state index in [-0.39, 0.29) is 11.7 Å². The first-order chi connectivity index (χ1) is 7.24. The van der Waals surface area contributed by atoms with E-state index in [0.717, 1.165) is 25.5 Å². The first-order valence-electron chi connectivity index (χ1n) is 6.21. The molecule has 0 aliphatic carbocycles. The molecule has 1 unspecified atom stereocenters. The van der Waals surface area contributed by atoms with Crippen molar-refractivity contribution in [3.05, 3.63) is 0 Å². The van der Waals surface area contributed by atoms with E-state index in [1.807, 2.05) is 6.92 Å². The van der Waals surface area contributed by atoms with Gasteiger partial charge in [-0.2, -0.15) is 0 Å². The second-order valence-corrected chi connectivity index (χ2v) is 4.24. The quantitative estimate of drug-likeness (QED) is 0.410. The van der Waals surface area contributed by atoms with Crippen LogP contribution in [0.1, 0.15) is 65.2 Å². The van der Waals surface area contributed by atoms with Crippen LogP contribution in [0.25, 0.3) is 0 Å². The molecule has 0 amide bonds. The molecule has 1 atom stereocenters. The zero-order chi connectivity index (χ0) is 11.5. The molecule has 0 aromatic carbocycles. The van der Waals surface area contributed by atoms with Gasteiger partial charge >= 0.3 is 0 Å². The Hall–Kier alpha value is -0.660. The van der Waals surface area contributed by atoms with Crippen LogP contribution >= 0.6 is 0 Å². The average Bonchev–Trinajstić information content (AvgIpc) is 2.23. The largest absolute Gasteiger partial charge is 0.303 e. The molecule has 2 heteroatoms. The third-order valence-corrected chi connectivity index (χ3v) is 2.64. The molecule has 0 radical (unpaired) electrons. The number of unbranched alkanes of at least 4 members (excludes halogenated alkanes) is 3. The third kappa shape index (κ3) is 8.34. The molecule has 0 bridgehead atoms. The summed E-state index contributed by atoms with van der Waals surface area (Å²) in [6.45, 7) is 4.16. The molecule has 0 saturated heterocycles. The minimum Gasteiger partial charge on any atom is -0.303 e. The van der Waals surface area contributed by atoms with Crippen molar-refractivity contribution in [1.82, 2.24) is 0 Å². The molecule has 2 nitrogen and oxygen atoms in total. The Labute approximate surface area is 93.4 Å². The maximum absolute atomic E-state index is 11.3. The van der Waals surface area contributed by atoms with Gasteiger partial charge in [-0.15, -0.1) is 0 Å². The maximum Gasteiger partial charge on any atom is 0.133 e. The van der Waals surface area contributed by atoms with Gasteiger partial charge in [0.25, 0.3) is 0 Å². The van der Waals surface area contributed by atoms with Gasteiger partial charge in [-0.05, 0) is 12.8 Å². The summed E-state index contributed by atoms with van der Waals surface area (Å²) >= 11 is 0. The number of hydrogen-bond donors (Lipinski definition) is 0. The average molecular weight is 212 g/mol. The SMILES string of the molecule is CCCCCCC(C=O)CC(=O)CCC. The molecule has 88 valence electrons. The molecule has 0 aliphatic rings.